The van der Waals surface area contributed by atoms with Crippen LogP contribution < -0.4 is 9.47 Å². The first-order chi connectivity index (χ1) is 11.0. The number of hydrogen-bond acceptors (Lipinski definition) is 5. The van der Waals surface area contributed by atoms with Gasteiger partial charge >= 0.3 is 0 Å². The van der Waals surface area contributed by atoms with E-state index in [4.69, 9.17) is 9.47 Å². The largest absolute Gasteiger partial charge is 0.497 e. The number of benzene rings is 1. The second kappa shape index (κ2) is 7.99. The normalized spacial score (nSPS) is 17.7. The lowest BCUT2D eigenvalue weighted by atomic mass is 10.3. The number of rotatable bonds is 6. The summed E-state index contributed by atoms with van der Waals surface area (Å²) in [5.74, 6) is 0.854. The van der Waals surface area contributed by atoms with E-state index in [1.54, 1.807) is 16.4 Å². The minimum atomic E-state index is -3.60. The number of methoxy groups -OCH3 is 2. The summed E-state index contributed by atoms with van der Waals surface area (Å²) in [7, 11) is -0.598. The second-order valence-electron chi connectivity index (χ2n) is 5.62. The van der Waals surface area contributed by atoms with Crippen molar-refractivity contribution in [1.29, 1.82) is 0 Å². The first-order valence-electron chi connectivity index (χ1n) is 7.97. The number of hydrogen-bond donors (Lipinski definition) is 0. The van der Waals surface area contributed by atoms with Gasteiger partial charge in [-0.15, -0.1) is 0 Å². The summed E-state index contributed by atoms with van der Waals surface area (Å²) in [6.07, 6.45) is 1.92. The summed E-state index contributed by atoms with van der Waals surface area (Å²) >= 11 is 0. The van der Waals surface area contributed by atoms with Gasteiger partial charge in [0.15, 0.2) is 0 Å². The van der Waals surface area contributed by atoms with E-state index >= 15 is 0 Å². The van der Waals surface area contributed by atoms with Gasteiger partial charge in [-0.05, 0) is 38.1 Å². The molecule has 1 heterocycles. The van der Waals surface area contributed by atoms with E-state index in [9.17, 15) is 8.42 Å². The van der Waals surface area contributed by atoms with Crippen molar-refractivity contribution < 1.29 is 17.9 Å². The van der Waals surface area contributed by atoms with E-state index in [1.165, 1.54) is 20.3 Å². The van der Waals surface area contributed by atoms with Crippen molar-refractivity contribution in [2.75, 3.05) is 46.9 Å². The Hall–Kier alpha value is -1.31. The lowest BCUT2D eigenvalue weighted by molar-refractivity contribution is 0.287. The van der Waals surface area contributed by atoms with Crippen LogP contribution in [0.25, 0.3) is 0 Å². The van der Waals surface area contributed by atoms with Crippen molar-refractivity contribution in [2.45, 2.75) is 24.7 Å². The molecule has 0 radical (unpaired) electrons. The summed E-state index contributed by atoms with van der Waals surface area (Å²) in [6, 6.07) is 4.86. The molecule has 6 nitrogen and oxygen atoms in total. The Labute approximate surface area is 139 Å². The number of nitrogens with zero attached hydrogens (tertiary/aromatic N) is 2. The van der Waals surface area contributed by atoms with Crippen molar-refractivity contribution in [3.05, 3.63) is 18.2 Å². The Morgan fingerprint density at radius 3 is 2.52 bits per heavy atom. The Balaban J connectivity index is 2.27. The first-order valence-corrected chi connectivity index (χ1v) is 9.41. The predicted octanol–water partition coefficient (Wildman–Crippen LogP) is 1.81. The molecule has 0 unspecified atom stereocenters. The molecule has 23 heavy (non-hydrogen) atoms. The van der Waals surface area contributed by atoms with Crippen LogP contribution in [-0.2, 0) is 10.0 Å². The Morgan fingerprint density at radius 2 is 1.87 bits per heavy atom. The fraction of sp³-hybridized carbons (Fsp3) is 0.625. The second-order valence-corrected chi connectivity index (χ2v) is 7.52. The highest BCUT2D eigenvalue weighted by Crippen LogP contribution is 2.31. The van der Waals surface area contributed by atoms with Gasteiger partial charge in [0, 0.05) is 25.7 Å². The monoisotopic (exact) mass is 342 g/mol. The summed E-state index contributed by atoms with van der Waals surface area (Å²) in [6.45, 7) is 5.89. The Kier molecular flexibility index (Phi) is 6.26. The van der Waals surface area contributed by atoms with Crippen LogP contribution in [0.1, 0.15) is 19.8 Å². The van der Waals surface area contributed by atoms with Crippen LogP contribution in [0.5, 0.6) is 11.5 Å². The smallest absolute Gasteiger partial charge is 0.246 e. The van der Waals surface area contributed by atoms with Gasteiger partial charge in [-0.2, -0.15) is 4.31 Å². The fourth-order valence-corrected chi connectivity index (χ4v) is 4.49. The van der Waals surface area contributed by atoms with Crippen LogP contribution in [0, 0.1) is 0 Å². The van der Waals surface area contributed by atoms with Crippen LogP contribution >= 0.6 is 0 Å². The molecule has 0 amide bonds. The molecule has 0 saturated carbocycles. The fourth-order valence-electron chi connectivity index (χ4n) is 2.85. The van der Waals surface area contributed by atoms with Crippen molar-refractivity contribution in [1.82, 2.24) is 9.21 Å². The molecule has 0 aliphatic carbocycles. The van der Waals surface area contributed by atoms with Crippen LogP contribution in [0.2, 0.25) is 0 Å². The summed E-state index contributed by atoms with van der Waals surface area (Å²) in [5.41, 5.74) is 0. The van der Waals surface area contributed by atoms with Crippen LogP contribution in [0.15, 0.2) is 23.1 Å². The van der Waals surface area contributed by atoms with Crippen LogP contribution in [0.3, 0.4) is 0 Å². The van der Waals surface area contributed by atoms with Gasteiger partial charge in [-0.25, -0.2) is 8.42 Å². The third kappa shape index (κ3) is 4.16. The quantitative estimate of drug-likeness (QED) is 0.789. The highest BCUT2D eigenvalue weighted by Gasteiger charge is 2.29. The molecule has 1 fully saturated rings. The molecule has 1 saturated heterocycles. The van der Waals surface area contributed by atoms with E-state index in [2.05, 4.69) is 11.8 Å². The lowest BCUT2D eigenvalue weighted by Crippen LogP contribution is -2.35. The molecule has 1 aromatic carbocycles. The molecule has 2 rings (SSSR count). The highest BCUT2D eigenvalue weighted by molar-refractivity contribution is 7.89. The van der Waals surface area contributed by atoms with Gasteiger partial charge in [0.2, 0.25) is 10.0 Å². The number of ether oxygens (including phenoxy) is 2. The van der Waals surface area contributed by atoms with Crippen molar-refractivity contribution in [3.63, 3.8) is 0 Å². The standard InChI is InChI=1S/C16H26N2O4S/c1-4-8-17-9-5-10-18(12-11-17)23(19,20)16-13-14(21-2)6-7-15(16)22-3/h6-7,13H,4-5,8-12H2,1-3H3. The molecular formula is C16H26N2O4S. The van der Waals surface area contributed by atoms with E-state index in [0.29, 0.717) is 24.6 Å². The topological polar surface area (TPSA) is 59.1 Å². The van der Waals surface area contributed by atoms with E-state index in [0.717, 1.165) is 32.5 Å². The van der Waals surface area contributed by atoms with Crippen LogP contribution in [0.4, 0.5) is 0 Å². The van der Waals surface area contributed by atoms with Crippen LogP contribution in [-0.4, -0.2) is 64.6 Å². The van der Waals surface area contributed by atoms with E-state index in [-0.39, 0.29) is 4.90 Å². The molecule has 1 aromatic rings. The zero-order valence-electron chi connectivity index (χ0n) is 14.1. The minimum Gasteiger partial charge on any atom is -0.497 e. The maximum atomic E-state index is 13.0. The first kappa shape index (κ1) is 18.0. The molecular weight excluding hydrogens is 316 g/mol. The SMILES string of the molecule is CCCN1CCCN(S(=O)(=O)c2cc(OC)ccc2OC)CC1. The summed E-state index contributed by atoms with van der Waals surface area (Å²) < 4.78 is 38.0. The maximum Gasteiger partial charge on any atom is 0.246 e. The maximum absolute atomic E-state index is 13.0. The highest BCUT2D eigenvalue weighted by atomic mass is 32.2. The molecule has 0 N–H and O–H groups in total. The Bertz CT molecular complexity index is 619. The van der Waals surface area contributed by atoms with Gasteiger partial charge in [-0.1, -0.05) is 6.92 Å². The minimum absolute atomic E-state index is 0.170. The average Bonchev–Trinajstić information content (AvgIpc) is 2.80. The molecule has 0 bridgehead atoms. The molecule has 1 aliphatic rings. The lowest BCUT2D eigenvalue weighted by Gasteiger charge is -2.22. The third-order valence-electron chi connectivity index (χ3n) is 4.08. The molecule has 130 valence electrons. The Morgan fingerprint density at radius 1 is 1.09 bits per heavy atom. The molecule has 7 heteroatoms. The number of sulfonamides is 1. The van der Waals surface area contributed by atoms with E-state index < -0.39 is 10.0 Å². The summed E-state index contributed by atoms with van der Waals surface area (Å²) in [4.78, 5) is 2.49. The van der Waals surface area contributed by atoms with Gasteiger partial charge in [0.1, 0.15) is 16.4 Å². The van der Waals surface area contributed by atoms with Gasteiger partial charge in [-0.3, -0.25) is 0 Å². The predicted molar refractivity (Wildman–Crippen MR) is 89.7 cm³/mol. The van der Waals surface area contributed by atoms with Crippen molar-refractivity contribution >= 4 is 10.0 Å². The van der Waals surface area contributed by atoms with Gasteiger partial charge in [0.25, 0.3) is 0 Å². The molecule has 0 aromatic heterocycles. The third-order valence-corrected chi connectivity index (χ3v) is 6.00. The average molecular weight is 342 g/mol. The van der Waals surface area contributed by atoms with Crippen molar-refractivity contribution in [3.8, 4) is 11.5 Å². The zero-order chi connectivity index (χ0) is 16.9. The van der Waals surface area contributed by atoms with Crippen molar-refractivity contribution in [2.24, 2.45) is 0 Å². The molecule has 0 atom stereocenters. The van der Waals surface area contributed by atoms with E-state index in [1.807, 2.05) is 0 Å². The van der Waals surface area contributed by atoms with Gasteiger partial charge in [0.05, 0.1) is 14.2 Å². The zero-order valence-corrected chi connectivity index (χ0v) is 14.9. The molecule has 1 aliphatic heterocycles. The summed E-state index contributed by atoms with van der Waals surface area (Å²) in [5, 5.41) is 0. The van der Waals surface area contributed by atoms with Gasteiger partial charge < -0.3 is 14.4 Å². The molecule has 0 spiro atoms.